The number of hydrogen-bond donors (Lipinski definition) is 1. The minimum absolute atomic E-state index is 0.0291. The van der Waals surface area contributed by atoms with Gasteiger partial charge in [0.15, 0.2) is 11.7 Å². The SMILES string of the molecule is COC(=O)c1ccccc1NC(=O)CCc1ncc(-c2ccc(F)cc2F)o1. The van der Waals surface area contributed by atoms with Gasteiger partial charge in [-0.1, -0.05) is 12.1 Å². The average molecular weight is 386 g/mol. The number of nitrogens with one attached hydrogen (secondary N) is 1. The summed E-state index contributed by atoms with van der Waals surface area (Å²) in [7, 11) is 1.26. The molecule has 8 heteroatoms. The fourth-order valence-corrected chi connectivity index (χ4v) is 2.55. The fraction of sp³-hybridized carbons (Fsp3) is 0.150. The first-order chi connectivity index (χ1) is 13.5. The van der Waals surface area contributed by atoms with E-state index in [0.29, 0.717) is 5.69 Å². The lowest BCUT2D eigenvalue weighted by Crippen LogP contribution is -2.15. The molecule has 3 aromatic rings. The number of carbonyl (C=O) groups is 2. The first-order valence-corrected chi connectivity index (χ1v) is 8.35. The third-order valence-electron chi connectivity index (χ3n) is 3.92. The summed E-state index contributed by atoms with van der Waals surface area (Å²) in [5.74, 6) is -2.00. The molecular weight excluding hydrogens is 370 g/mol. The number of oxazole rings is 1. The maximum Gasteiger partial charge on any atom is 0.339 e. The smallest absolute Gasteiger partial charge is 0.339 e. The molecular formula is C20H16F2N2O4. The molecule has 0 saturated heterocycles. The van der Waals surface area contributed by atoms with Gasteiger partial charge >= 0.3 is 5.97 Å². The van der Waals surface area contributed by atoms with Crippen molar-refractivity contribution in [2.45, 2.75) is 12.8 Å². The summed E-state index contributed by atoms with van der Waals surface area (Å²) in [6.45, 7) is 0. The molecule has 0 fully saturated rings. The van der Waals surface area contributed by atoms with Crippen LogP contribution >= 0.6 is 0 Å². The number of halogens is 2. The van der Waals surface area contributed by atoms with E-state index < -0.39 is 17.6 Å². The number of amides is 1. The highest BCUT2D eigenvalue weighted by atomic mass is 19.1. The van der Waals surface area contributed by atoms with Gasteiger partial charge in [0.2, 0.25) is 5.91 Å². The number of para-hydroxylation sites is 1. The van der Waals surface area contributed by atoms with E-state index in [4.69, 9.17) is 4.42 Å². The third-order valence-corrected chi connectivity index (χ3v) is 3.92. The Kier molecular flexibility index (Phi) is 5.78. The summed E-state index contributed by atoms with van der Waals surface area (Å²) in [5.41, 5.74) is 0.654. The molecule has 0 aliphatic heterocycles. The Bertz CT molecular complexity index is 1020. The average Bonchev–Trinajstić information content (AvgIpc) is 3.15. The van der Waals surface area contributed by atoms with Crippen LogP contribution in [0, 0.1) is 11.6 Å². The maximum absolute atomic E-state index is 13.8. The Morgan fingerprint density at radius 2 is 1.96 bits per heavy atom. The quantitative estimate of drug-likeness (QED) is 0.648. The van der Waals surface area contributed by atoms with E-state index in [-0.39, 0.29) is 41.5 Å². The van der Waals surface area contributed by atoms with Crippen molar-refractivity contribution in [1.29, 1.82) is 0 Å². The number of nitrogens with zero attached hydrogens (tertiary/aromatic N) is 1. The molecule has 1 heterocycles. The number of ether oxygens (including phenoxy) is 1. The van der Waals surface area contributed by atoms with Crippen LogP contribution in [0.25, 0.3) is 11.3 Å². The standard InChI is InChI=1S/C20H16F2N2O4/c1-27-20(26)14-4-2-3-5-16(14)24-18(25)8-9-19-23-11-17(28-19)13-7-6-12(21)10-15(13)22/h2-7,10-11H,8-9H2,1H3,(H,24,25). The number of carbonyl (C=O) groups excluding carboxylic acids is 2. The van der Waals surface area contributed by atoms with Crippen molar-refractivity contribution in [3.05, 3.63) is 71.8 Å². The Hall–Kier alpha value is -3.55. The number of benzene rings is 2. The van der Waals surface area contributed by atoms with Gasteiger partial charge in [0, 0.05) is 18.9 Å². The summed E-state index contributed by atoms with van der Waals surface area (Å²) in [4.78, 5) is 27.9. The number of rotatable bonds is 6. The number of hydrogen-bond acceptors (Lipinski definition) is 5. The van der Waals surface area contributed by atoms with E-state index in [1.54, 1.807) is 24.3 Å². The van der Waals surface area contributed by atoms with Crippen LogP contribution in [0.5, 0.6) is 0 Å². The van der Waals surface area contributed by atoms with E-state index in [1.807, 2.05) is 0 Å². The third kappa shape index (κ3) is 4.40. The predicted octanol–water partition coefficient (Wildman–Crippen LogP) is 3.98. The van der Waals surface area contributed by atoms with E-state index in [2.05, 4.69) is 15.0 Å². The van der Waals surface area contributed by atoms with Gasteiger partial charge in [0.1, 0.15) is 11.6 Å². The van der Waals surface area contributed by atoms with Crippen LogP contribution in [0.15, 0.2) is 53.1 Å². The number of methoxy groups -OCH3 is 1. The number of esters is 1. The second-order valence-electron chi connectivity index (χ2n) is 5.83. The first-order valence-electron chi connectivity index (χ1n) is 8.35. The minimum Gasteiger partial charge on any atom is -0.465 e. The van der Waals surface area contributed by atoms with Crippen LogP contribution in [-0.4, -0.2) is 24.0 Å². The molecule has 2 aromatic carbocycles. The van der Waals surface area contributed by atoms with Gasteiger partial charge < -0.3 is 14.5 Å². The van der Waals surface area contributed by atoms with Crippen LogP contribution in [0.2, 0.25) is 0 Å². The van der Waals surface area contributed by atoms with Crippen molar-refractivity contribution in [3.8, 4) is 11.3 Å². The van der Waals surface area contributed by atoms with Gasteiger partial charge in [-0.15, -0.1) is 0 Å². The largest absolute Gasteiger partial charge is 0.465 e. The zero-order valence-corrected chi connectivity index (χ0v) is 14.9. The molecule has 0 bridgehead atoms. The van der Waals surface area contributed by atoms with Crippen LogP contribution in [0.4, 0.5) is 14.5 Å². The molecule has 0 radical (unpaired) electrons. The van der Waals surface area contributed by atoms with E-state index in [9.17, 15) is 18.4 Å². The van der Waals surface area contributed by atoms with Crippen LogP contribution in [0.1, 0.15) is 22.7 Å². The van der Waals surface area contributed by atoms with Gasteiger partial charge in [-0.25, -0.2) is 18.6 Å². The van der Waals surface area contributed by atoms with Gasteiger partial charge in [-0.2, -0.15) is 0 Å². The number of anilines is 1. The Morgan fingerprint density at radius 3 is 2.71 bits per heavy atom. The topological polar surface area (TPSA) is 81.4 Å². The van der Waals surface area contributed by atoms with E-state index >= 15 is 0 Å². The molecule has 1 aromatic heterocycles. The lowest BCUT2D eigenvalue weighted by Gasteiger charge is -2.09. The molecule has 0 unspecified atom stereocenters. The highest BCUT2D eigenvalue weighted by molar-refractivity contribution is 6.01. The predicted molar refractivity (Wildman–Crippen MR) is 96.6 cm³/mol. The maximum atomic E-state index is 13.8. The van der Waals surface area contributed by atoms with Crippen molar-refractivity contribution in [3.63, 3.8) is 0 Å². The van der Waals surface area contributed by atoms with Crippen LogP contribution in [-0.2, 0) is 16.0 Å². The molecule has 0 aliphatic rings. The molecule has 1 N–H and O–H groups in total. The Balaban J connectivity index is 1.63. The van der Waals surface area contributed by atoms with E-state index in [0.717, 1.165) is 12.1 Å². The molecule has 28 heavy (non-hydrogen) atoms. The monoisotopic (exact) mass is 386 g/mol. The molecule has 6 nitrogen and oxygen atoms in total. The highest BCUT2D eigenvalue weighted by Crippen LogP contribution is 2.24. The molecule has 3 rings (SSSR count). The Morgan fingerprint density at radius 1 is 1.18 bits per heavy atom. The second kappa shape index (κ2) is 8.43. The zero-order valence-electron chi connectivity index (χ0n) is 14.9. The molecule has 0 spiro atoms. The van der Waals surface area contributed by atoms with Crippen LogP contribution < -0.4 is 5.32 Å². The first kappa shape index (κ1) is 19.2. The van der Waals surface area contributed by atoms with Crippen LogP contribution in [0.3, 0.4) is 0 Å². The highest BCUT2D eigenvalue weighted by Gasteiger charge is 2.15. The summed E-state index contributed by atoms with van der Waals surface area (Å²) in [5, 5.41) is 2.64. The number of aryl methyl sites for hydroxylation is 1. The molecule has 0 aliphatic carbocycles. The van der Waals surface area contributed by atoms with Gasteiger partial charge in [0.25, 0.3) is 0 Å². The van der Waals surface area contributed by atoms with Gasteiger partial charge in [0.05, 0.1) is 30.1 Å². The van der Waals surface area contributed by atoms with Crippen molar-refractivity contribution < 1.29 is 27.5 Å². The summed E-state index contributed by atoms with van der Waals surface area (Å²) in [6.07, 6.45) is 1.51. The molecule has 144 valence electrons. The molecule has 0 saturated carbocycles. The lowest BCUT2D eigenvalue weighted by atomic mass is 10.1. The fourth-order valence-electron chi connectivity index (χ4n) is 2.55. The minimum atomic E-state index is -0.764. The number of aromatic nitrogens is 1. The van der Waals surface area contributed by atoms with Gasteiger partial charge in [-0.05, 0) is 24.3 Å². The lowest BCUT2D eigenvalue weighted by molar-refractivity contribution is -0.116. The Labute approximate surface area is 159 Å². The molecule has 0 atom stereocenters. The van der Waals surface area contributed by atoms with Crippen molar-refractivity contribution in [2.75, 3.05) is 12.4 Å². The normalized spacial score (nSPS) is 10.5. The van der Waals surface area contributed by atoms with E-state index in [1.165, 1.54) is 19.4 Å². The summed E-state index contributed by atoms with van der Waals surface area (Å²) >= 11 is 0. The molecule has 1 amide bonds. The van der Waals surface area contributed by atoms with Crippen molar-refractivity contribution >= 4 is 17.6 Å². The second-order valence-corrected chi connectivity index (χ2v) is 5.83. The van der Waals surface area contributed by atoms with Crippen molar-refractivity contribution in [2.24, 2.45) is 0 Å². The summed E-state index contributed by atoms with van der Waals surface area (Å²) in [6, 6.07) is 9.59. The summed E-state index contributed by atoms with van der Waals surface area (Å²) < 4.78 is 36.9. The zero-order chi connectivity index (χ0) is 20.1. The van der Waals surface area contributed by atoms with Gasteiger partial charge in [-0.3, -0.25) is 4.79 Å². The van der Waals surface area contributed by atoms with Crippen molar-refractivity contribution in [1.82, 2.24) is 4.98 Å².